The number of hydrogen-bond acceptors (Lipinski definition) is 6. The first-order valence-corrected chi connectivity index (χ1v) is 8.96. The molecule has 2 N–H and O–H groups in total. The van der Waals surface area contributed by atoms with Crippen LogP contribution in [0.3, 0.4) is 0 Å². The van der Waals surface area contributed by atoms with Crippen molar-refractivity contribution >= 4 is 24.5 Å². The van der Waals surface area contributed by atoms with Gasteiger partial charge in [-0.25, -0.2) is 0 Å². The summed E-state index contributed by atoms with van der Waals surface area (Å²) < 4.78 is 10.3. The molecule has 25 heavy (non-hydrogen) atoms. The van der Waals surface area contributed by atoms with Gasteiger partial charge >= 0.3 is 5.97 Å². The largest absolute Gasteiger partial charge is 0.494 e. The topological polar surface area (TPSA) is 76.7 Å². The summed E-state index contributed by atoms with van der Waals surface area (Å²) in [6.07, 6.45) is 0.815. The number of hydrogen-bond donors (Lipinski definition) is 3. The van der Waals surface area contributed by atoms with E-state index in [1.807, 2.05) is 33.0 Å². The fourth-order valence-electron chi connectivity index (χ4n) is 2.29. The second-order valence-electron chi connectivity index (χ2n) is 5.97. The Labute approximate surface area is 155 Å². The third kappa shape index (κ3) is 6.96. The van der Waals surface area contributed by atoms with Crippen LogP contribution in [-0.4, -0.2) is 51.0 Å². The zero-order chi connectivity index (χ0) is 18.8. The molecule has 1 aromatic rings. The van der Waals surface area contributed by atoms with Gasteiger partial charge in [0.1, 0.15) is 12.3 Å². The number of ether oxygens (including phenoxy) is 2. The molecule has 1 unspecified atom stereocenters. The summed E-state index contributed by atoms with van der Waals surface area (Å²) in [4.78, 5) is 23.6. The van der Waals surface area contributed by atoms with Crippen LogP contribution in [0, 0.1) is 0 Å². The van der Waals surface area contributed by atoms with E-state index < -0.39 is 5.97 Å². The molecule has 140 valence electrons. The van der Waals surface area contributed by atoms with E-state index in [9.17, 15) is 9.59 Å². The molecular formula is C18H28N2O4S. The fourth-order valence-corrected chi connectivity index (χ4v) is 2.66. The van der Waals surface area contributed by atoms with Crippen molar-refractivity contribution in [3.05, 3.63) is 29.3 Å². The van der Waals surface area contributed by atoms with Gasteiger partial charge in [0.15, 0.2) is 0 Å². The maximum Gasteiger partial charge on any atom is 0.325 e. The molecule has 6 nitrogen and oxygen atoms in total. The summed E-state index contributed by atoms with van der Waals surface area (Å²) in [6, 6.07) is 5.75. The number of benzene rings is 1. The molecule has 0 heterocycles. The highest BCUT2D eigenvalue weighted by Gasteiger charge is 2.16. The van der Waals surface area contributed by atoms with Crippen molar-refractivity contribution in [3.8, 4) is 5.75 Å². The van der Waals surface area contributed by atoms with Gasteiger partial charge in [0.25, 0.3) is 5.91 Å². The molecular weight excluding hydrogens is 340 g/mol. The van der Waals surface area contributed by atoms with Crippen molar-refractivity contribution in [1.29, 1.82) is 0 Å². The standard InChI is InChI=1S/C18H28N2O4S/c1-12(2)15-6-5-14(24-8-7-13(11-25)19-3)9-16(15)18(22)20-10-17(21)23-4/h5-6,9,12-13,19,25H,7-8,10-11H2,1-4H3,(H,20,22). The third-order valence-electron chi connectivity index (χ3n) is 3.88. The Bertz CT molecular complexity index is 574. The van der Waals surface area contributed by atoms with E-state index in [0.29, 0.717) is 17.9 Å². The highest BCUT2D eigenvalue weighted by atomic mass is 32.1. The van der Waals surface area contributed by atoms with Crippen LogP contribution in [0.25, 0.3) is 0 Å². The summed E-state index contributed by atoms with van der Waals surface area (Å²) in [5.41, 5.74) is 1.41. The first kappa shape index (κ1) is 21.3. The van der Waals surface area contributed by atoms with E-state index in [-0.39, 0.29) is 24.4 Å². The van der Waals surface area contributed by atoms with Gasteiger partial charge < -0.3 is 20.1 Å². The molecule has 0 aliphatic rings. The van der Waals surface area contributed by atoms with Gasteiger partial charge in [-0.15, -0.1) is 0 Å². The molecule has 1 amide bonds. The minimum atomic E-state index is -0.489. The lowest BCUT2D eigenvalue weighted by molar-refractivity contribution is -0.139. The SMILES string of the molecule is CNC(CS)CCOc1ccc(C(C)C)c(C(=O)NCC(=O)OC)c1. The predicted molar refractivity (Wildman–Crippen MR) is 102 cm³/mol. The minimum absolute atomic E-state index is 0.163. The van der Waals surface area contributed by atoms with Gasteiger partial charge in [0, 0.05) is 17.4 Å². The molecule has 1 aromatic carbocycles. The number of carbonyl (C=O) groups excluding carboxylic acids is 2. The molecule has 0 fully saturated rings. The zero-order valence-electron chi connectivity index (χ0n) is 15.3. The Morgan fingerprint density at radius 1 is 1.28 bits per heavy atom. The quantitative estimate of drug-likeness (QED) is 0.435. The second-order valence-corrected chi connectivity index (χ2v) is 6.33. The second kappa shape index (κ2) is 11.0. The molecule has 0 saturated carbocycles. The highest BCUT2D eigenvalue weighted by Crippen LogP contribution is 2.24. The number of carbonyl (C=O) groups is 2. The van der Waals surface area contributed by atoms with Crippen molar-refractivity contribution < 1.29 is 19.1 Å². The van der Waals surface area contributed by atoms with Gasteiger partial charge in [-0.1, -0.05) is 19.9 Å². The molecule has 7 heteroatoms. The average molecular weight is 368 g/mol. The van der Waals surface area contributed by atoms with E-state index in [2.05, 4.69) is 28.0 Å². The number of amides is 1. The number of nitrogens with one attached hydrogen (secondary N) is 2. The predicted octanol–water partition coefficient (Wildman–Crippen LogP) is 2.00. The van der Waals surface area contributed by atoms with Gasteiger partial charge in [-0.05, 0) is 37.1 Å². The molecule has 0 saturated heterocycles. The monoisotopic (exact) mass is 368 g/mol. The van der Waals surface area contributed by atoms with Crippen molar-refractivity contribution in [1.82, 2.24) is 10.6 Å². The fraction of sp³-hybridized carbons (Fsp3) is 0.556. The molecule has 1 atom stereocenters. The molecule has 1 rings (SSSR count). The number of rotatable bonds is 10. The Morgan fingerprint density at radius 3 is 2.56 bits per heavy atom. The van der Waals surface area contributed by atoms with Crippen LogP contribution in [0.15, 0.2) is 18.2 Å². The maximum absolute atomic E-state index is 12.4. The van der Waals surface area contributed by atoms with Gasteiger partial charge in [-0.3, -0.25) is 9.59 Å². The number of esters is 1. The van der Waals surface area contributed by atoms with E-state index >= 15 is 0 Å². The van der Waals surface area contributed by atoms with Crippen molar-refractivity contribution in [2.75, 3.05) is 33.1 Å². The molecule has 0 aliphatic carbocycles. The first-order chi connectivity index (χ1) is 11.9. The maximum atomic E-state index is 12.4. The van der Waals surface area contributed by atoms with Gasteiger partial charge in [-0.2, -0.15) is 12.6 Å². The van der Waals surface area contributed by atoms with E-state index in [1.165, 1.54) is 7.11 Å². The summed E-state index contributed by atoms with van der Waals surface area (Å²) in [7, 11) is 3.17. The summed E-state index contributed by atoms with van der Waals surface area (Å²) in [5, 5.41) is 5.74. The average Bonchev–Trinajstić information content (AvgIpc) is 2.62. The smallest absolute Gasteiger partial charge is 0.325 e. The summed E-state index contributed by atoms with van der Waals surface area (Å²) in [5.74, 6) is 0.722. The van der Waals surface area contributed by atoms with E-state index in [1.54, 1.807) is 6.07 Å². The normalized spacial score (nSPS) is 11.9. The lowest BCUT2D eigenvalue weighted by Gasteiger charge is -2.16. The van der Waals surface area contributed by atoms with Crippen LogP contribution in [0.1, 0.15) is 42.1 Å². The molecule has 0 spiro atoms. The molecule has 0 bridgehead atoms. The lowest BCUT2D eigenvalue weighted by atomic mass is 9.96. The third-order valence-corrected chi connectivity index (χ3v) is 4.32. The van der Waals surface area contributed by atoms with Crippen LogP contribution >= 0.6 is 12.6 Å². The Kier molecular flexibility index (Phi) is 9.37. The molecule has 0 aliphatic heterocycles. The Morgan fingerprint density at radius 2 is 2.00 bits per heavy atom. The van der Waals surface area contributed by atoms with Crippen LogP contribution < -0.4 is 15.4 Å². The van der Waals surface area contributed by atoms with Gasteiger partial charge in [0.2, 0.25) is 0 Å². The zero-order valence-corrected chi connectivity index (χ0v) is 16.2. The number of methoxy groups -OCH3 is 1. The van der Waals surface area contributed by atoms with Gasteiger partial charge in [0.05, 0.1) is 13.7 Å². The summed E-state index contributed by atoms with van der Waals surface area (Å²) in [6.45, 7) is 4.38. The van der Waals surface area contributed by atoms with Crippen molar-refractivity contribution in [2.24, 2.45) is 0 Å². The van der Waals surface area contributed by atoms with Crippen LogP contribution in [0.4, 0.5) is 0 Å². The van der Waals surface area contributed by atoms with Crippen molar-refractivity contribution in [3.63, 3.8) is 0 Å². The minimum Gasteiger partial charge on any atom is -0.494 e. The Hall–Kier alpha value is -1.73. The molecule has 0 aromatic heterocycles. The van der Waals surface area contributed by atoms with Crippen LogP contribution in [-0.2, 0) is 9.53 Å². The van der Waals surface area contributed by atoms with Crippen LogP contribution in [0.2, 0.25) is 0 Å². The highest BCUT2D eigenvalue weighted by molar-refractivity contribution is 7.80. The first-order valence-electron chi connectivity index (χ1n) is 8.32. The summed E-state index contributed by atoms with van der Waals surface area (Å²) >= 11 is 4.27. The van der Waals surface area contributed by atoms with E-state index in [4.69, 9.17) is 4.74 Å². The molecule has 0 radical (unpaired) electrons. The lowest BCUT2D eigenvalue weighted by Crippen LogP contribution is -2.31. The van der Waals surface area contributed by atoms with Crippen LogP contribution in [0.5, 0.6) is 5.75 Å². The van der Waals surface area contributed by atoms with Crippen molar-refractivity contribution in [2.45, 2.75) is 32.2 Å². The Balaban J connectivity index is 2.82. The van der Waals surface area contributed by atoms with E-state index in [0.717, 1.165) is 17.7 Å². The number of thiol groups is 1.